The lowest BCUT2D eigenvalue weighted by Crippen LogP contribution is -2.55. The van der Waals surface area contributed by atoms with Gasteiger partial charge in [-0.2, -0.15) is 0 Å². The molecular weight excluding hydrogens is 284 g/mol. The standard InChI is InChI=1S/C17H18O5/c1-20-12-4-2-3-11-13(12)14(18)17-10(6-8-22-17)9-5-7-21-15(9)16(11,17)19/h2-4,9-10,15,19H,5-8H2,1H3/t9-,10-,15-,16-,17-/m0/s1. The van der Waals surface area contributed by atoms with E-state index >= 15 is 0 Å². The Labute approximate surface area is 128 Å². The molecule has 5 nitrogen and oxygen atoms in total. The summed E-state index contributed by atoms with van der Waals surface area (Å²) in [5.41, 5.74) is -1.50. The summed E-state index contributed by atoms with van der Waals surface area (Å²) in [7, 11) is 1.54. The molecule has 0 amide bonds. The number of fused-ring (bicyclic) bond motifs is 5. The maximum atomic E-state index is 13.3. The lowest BCUT2D eigenvalue weighted by atomic mass is 9.79. The van der Waals surface area contributed by atoms with Gasteiger partial charge in [-0.1, -0.05) is 12.1 Å². The zero-order chi connectivity index (χ0) is 15.1. The van der Waals surface area contributed by atoms with Gasteiger partial charge < -0.3 is 19.3 Å². The monoisotopic (exact) mass is 302 g/mol. The van der Waals surface area contributed by atoms with E-state index in [4.69, 9.17) is 14.2 Å². The summed E-state index contributed by atoms with van der Waals surface area (Å²) in [5, 5.41) is 11.7. The van der Waals surface area contributed by atoms with Crippen molar-refractivity contribution >= 4 is 5.78 Å². The molecule has 1 N–H and O–H groups in total. The smallest absolute Gasteiger partial charge is 0.202 e. The highest BCUT2D eigenvalue weighted by Crippen LogP contribution is 2.67. The van der Waals surface area contributed by atoms with Crippen molar-refractivity contribution < 1.29 is 24.1 Å². The number of carbonyl (C=O) groups excluding carboxylic acids is 1. The van der Waals surface area contributed by atoms with Crippen LogP contribution in [0.25, 0.3) is 0 Å². The predicted octanol–water partition coefficient (Wildman–Crippen LogP) is 1.27. The second-order valence-corrected chi connectivity index (χ2v) is 6.70. The maximum Gasteiger partial charge on any atom is 0.202 e. The van der Waals surface area contributed by atoms with Crippen LogP contribution in [0.5, 0.6) is 5.75 Å². The summed E-state index contributed by atoms with van der Waals surface area (Å²) in [5.74, 6) is 0.580. The van der Waals surface area contributed by atoms with Crippen LogP contribution in [0.4, 0.5) is 0 Å². The molecule has 1 aromatic rings. The molecule has 5 atom stereocenters. The molecule has 2 aliphatic heterocycles. The first-order valence-electron chi connectivity index (χ1n) is 7.86. The van der Waals surface area contributed by atoms with Crippen LogP contribution in [0.3, 0.4) is 0 Å². The average Bonchev–Trinajstić information content (AvgIpc) is 3.24. The van der Waals surface area contributed by atoms with Gasteiger partial charge in [0.05, 0.1) is 18.8 Å². The van der Waals surface area contributed by atoms with E-state index in [1.54, 1.807) is 13.2 Å². The van der Waals surface area contributed by atoms with Crippen molar-refractivity contribution in [2.45, 2.75) is 30.1 Å². The summed E-state index contributed by atoms with van der Waals surface area (Å²) in [6, 6.07) is 5.39. The van der Waals surface area contributed by atoms with Crippen molar-refractivity contribution in [2.24, 2.45) is 11.8 Å². The molecule has 0 aromatic heterocycles. The number of carbonyl (C=O) groups is 1. The van der Waals surface area contributed by atoms with Gasteiger partial charge in [-0.15, -0.1) is 0 Å². The first-order valence-corrected chi connectivity index (χ1v) is 7.86. The van der Waals surface area contributed by atoms with Crippen molar-refractivity contribution in [3.63, 3.8) is 0 Å². The van der Waals surface area contributed by atoms with E-state index in [1.807, 2.05) is 12.1 Å². The SMILES string of the molecule is COc1cccc2c1C(=O)[C@@]13OCC[C@H]1[C@@H]1CCO[C@@H]1[C@@]23O. The molecule has 1 saturated carbocycles. The second kappa shape index (κ2) is 3.91. The molecule has 1 aromatic carbocycles. The fourth-order valence-corrected chi connectivity index (χ4v) is 5.42. The van der Waals surface area contributed by atoms with Crippen LogP contribution in [0, 0.1) is 11.8 Å². The molecule has 2 heterocycles. The second-order valence-electron chi connectivity index (χ2n) is 6.70. The maximum absolute atomic E-state index is 13.3. The van der Waals surface area contributed by atoms with Crippen LogP contribution in [0.15, 0.2) is 18.2 Å². The van der Waals surface area contributed by atoms with E-state index in [0.717, 1.165) is 12.8 Å². The van der Waals surface area contributed by atoms with Gasteiger partial charge in [0.1, 0.15) is 5.75 Å². The number of methoxy groups -OCH3 is 1. The highest BCUT2D eigenvalue weighted by Gasteiger charge is 2.80. The van der Waals surface area contributed by atoms with Gasteiger partial charge >= 0.3 is 0 Å². The summed E-state index contributed by atoms with van der Waals surface area (Å²) in [4.78, 5) is 13.3. The molecular formula is C17H18O5. The van der Waals surface area contributed by atoms with Crippen LogP contribution in [-0.4, -0.2) is 42.9 Å². The van der Waals surface area contributed by atoms with Crippen molar-refractivity contribution in [3.8, 4) is 5.75 Å². The number of aliphatic hydroxyl groups is 1. The van der Waals surface area contributed by atoms with Gasteiger partial charge in [-0.05, 0) is 24.8 Å². The van der Waals surface area contributed by atoms with E-state index in [0.29, 0.717) is 30.1 Å². The molecule has 0 unspecified atom stereocenters. The number of ether oxygens (including phenoxy) is 3. The Morgan fingerprint density at radius 3 is 3.00 bits per heavy atom. The average molecular weight is 302 g/mol. The molecule has 5 rings (SSSR count). The van der Waals surface area contributed by atoms with Gasteiger partial charge in [0.2, 0.25) is 5.78 Å². The first-order chi connectivity index (χ1) is 10.7. The van der Waals surface area contributed by atoms with Crippen LogP contribution in [-0.2, 0) is 15.1 Å². The number of hydrogen-bond acceptors (Lipinski definition) is 5. The fraction of sp³-hybridized carbons (Fsp3) is 0.588. The molecule has 0 bridgehead atoms. The molecule has 5 heteroatoms. The fourth-order valence-electron chi connectivity index (χ4n) is 5.42. The Balaban J connectivity index is 1.83. The number of hydrogen-bond donors (Lipinski definition) is 1. The summed E-state index contributed by atoms with van der Waals surface area (Å²) >= 11 is 0. The third-order valence-corrected chi connectivity index (χ3v) is 6.13. The Hall–Kier alpha value is -1.43. The Morgan fingerprint density at radius 1 is 1.32 bits per heavy atom. The van der Waals surface area contributed by atoms with E-state index < -0.39 is 11.2 Å². The van der Waals surface area contributed by atoms with Gasteiger partial charge in [0.15, 0.2) is 11.2 Å². The van der Waals surface area contributed by atoms with E-state index in [-0.39, 0.29) is 23.7 Å². The number of ketones is 1. The van der Waals surface area contributed by atoms with Crippen molar-refractivity contribution in [2.75, 3.05) is 20.3 Å². The van der Waals surface area contributed by atoms with E-state index in [1.165, 1.54) is 0 Å². The first kappa shape index (κ1) is 13.0. The molecule has 116 valence electrons. The summed E-state index contributed by atoms with van der Waals surface area (Å²) < 4.78 is 17.2. The zero-order valence-corrected chi connectivity index (χ0v) is 12.4. The van der Waals surface area contributed by atoms with Gasteiger partial charge in [-0.3, -0.25) is 4.79 Å². The molecule has 0 radical (unpaired) electrons. The third kappa shape index (κ3) is 1.09. The number of rotatable bonds is 1. The largest absolute Gasteiger partial charge is 0.496 e. The minimum atomic E-state index is -1.39. The molecule has 3 fully saturated rings. The van der Waals surface area contributed by atoms with Crippen LogP contribution in [0.2, 0.25) is 0 Å². The summed E-state index contributed by atoms with van der Waals surface area (Å²) in [6.45, 7) is 1.15. The third-order valence-electron chi connectivity index (χ3n) is 6.13. The number of benzene rings is 1. The van der Waals surface area contributed by atoms with Crippen LogP contribution >= 0.6 is 0 Å². The molecule has 2 saturated heterocycles. The molecule has 22 heavy (non-hydrogen) atoms. The van der Waals surface area contributed by atoms with Crippen LogP contribution < -0.4 is 4.74 Å². The van der Waals surface area contributed by atoms with Crippen molar-refractivity contribution in [3.05, 3.63) is 29.3 Å². The highest BCUT2D eigenvalue weighted by atomic mass is 16.6. The quantitative estimate of drug-likeness (QED) is 0.846. The van der Waals surface area contributed by atoms with E-state index in [2.05, 4.69) is 0 Å². The lowest BCUT2D eigenvalue weighted by molar-refractivity contribution is -0.169. The lowest BCUT2D eigenvalue weighted by Gasteiger charge is -2.36. The van der Waals surface area contributed by atoms with Crippen molar-refractivity contribution in [1.82, 2.24) is 0 Å². The normalized spacial score (nSPS) is 44.6. The molecule has 1 spiro atoms. The Bertz CT molecular complexity index is 686. The topological polar surface area (TPSA) is 65.0 Å². The van der Waals surface area contributed by atoms with E-state index in [9.17, 15) is 9.90 Å². The molecule has 2 aliphatic carbocycles. The Kier molecular flexibility index (Phi) is 2.32. The molecule has 4 aliphatic rings. The summed E-state index contributed by atoms with van der Waals surface area (Å²) in [6.07, 6.45) is 1.32. The van der Waals surface area contributed by atoms with Gasteiger partial charge in [0, 0.05) is 24.7 Å². The minimum absolute atomic E-state index is 0.0228. The van der Waals surface area contributed by atoms with Crippen molar-refractivity contribution in [1.29, 1.82) is 0 Å². The zero-order valence-electron chi connectivity index (χ0n) is 12.4. The van der Waals surface area contributed by atoms with Gasteiger partial charge in [0.25, 0.3) is 0 Å². The number of Topliss-reactive ketones (excluding diaryl/α,β-unsaturated/α-hetero) is 1. The minimum Gasteiger partial charge on any atom is -0.496 e. The highest BCUT2D eigenvalue weighted by molar-refractivity contribution is 6.11. The van der Waals surface area contributed by atoms with Gasteiger partial charge in [-0.25, -0.2) is 0 Å². The van der Waals surface area contributed by atoms with Crippen LogP contribution in [0.1, 0.15) is 28.8 Å². The Morgan fingerprint density at radius 2 is 2.18 bits per heavy atom. The predicted molar refractivity (Wildman–Crippen MR) is 75.9 cm³/mol.